The molecule has 0 aliphatic carbocycles. The Bertz CT molecular complexity index is 707. The van der Waals surface area contributed by atoms with Crippen molar-refractivity contribution in [2.75, 3.05) is 45.3 Å². The van der Waals surface area contributed by atoms with Gasteiger partial charge in [0.1, 0.15) is 0 Å². The Hall–Kier alpha value is -2.17. The molecule has 0 radical (unpaired) electrons. The van der Waals surface area contributed by atoms with Gasteiger partial charge >= 0.3 is 0 Å². The van der Waals surface area contributed by atoms with Crippen molar-refractivity contribution < 1.29 is 9.53 Å². The Morgan fingerprint density at radius 2 is 1.70 bits per heavy atom. The lowest BCUT2D eigenvalue weighted by atomic mass is 9.97. The molecule has 4 nitrogen and oxygen atoms in total. The second kappa shape index (κ2) is 9.67. The van der Waals surface area contributed by atoms with Crippen LogP contribution < -0.4 is 4.90 Å². The lowest BCUT2D eigenvalue weighted by Crippen LogP contribution is -2.37. The molecule has 2 aromatic carbocycles. The molecule has 4 heteroatoms. The Morgan fingerprint density at radius 3 is 2.33 bits per heavy atom. The fraction of sp³-hybridized carbons (Fsp3) is 0.435. The van der Waals surface area contributed by atoms with E-state index >= 15 is 0 Å². The number of nitrogens with zero attached hydrogens (tertiary/aromatic N) is 2. The number of ether oxygens (including phenoxy) is 1. The highest BCUT2D eigenvalue weighted by atomic mass is 16.5. The maximum absolute atomic E-state index is 13.0. The number of hydrogen-bond acceptors (Lipinski definition) is 4. The van der Waals surface area contributed by atoms with Crippen molar-refractivity contribution in [3.63, 3.8) is 0 Å². The molecule has 27 heavy (non-hydrogen) atoms. The lowest BCUT2D eigenvalue weighted by Gasteiger charge is -2.29. The summed E-state index contributed by atoms with van der Waals surface area (Å²) in [6.07, 6.45) is 2.88. The van der Waals surface area contributed by atoms with E-state index in [1.807, 2.05) is 37.2 Å². The van der Waals surface area contributed by atoms with Gasteiger partial charge in [0.15, 0.2) is 5.78 Å². The number of anilines is 1. The van der Waals surface area contributed by atoms with Gasteiger partial charge in [-0.3, -0.25) is 9.69 Å². The Balaban J connectivity index is 1.60. The first-order valence-corrected chi connectivity index (χ1v) is 9.82. The smallest absolute Gasteiger partial charge is 0.179 e. The molecule has 0 amide bonds. The number of ketones is 1. The maximum Gasteiger partial charge on any atom is 0.179 e. The molecule has 1 fully saturated rings. The van der Waals surface area contributed by atoms with Crippen LogP contribution >= 0.6 is 0 Å². The molecule has 144 valence electrons. The summed E-state index contributed by atoms with van der Waals surface area (Å²) in [5, 5.41) is 0. The van der Waals surface area contributed by atoms with Crippen LogP contribution in [0.4, 0.5) is 5.69 Å². The van der Waals surface area contributed by atoms with Gasteiger partial charge in [-0.15, -0.1) is 0 Å². The van der Waals surface area contributed by atoms with Crippen LogP contribution in [0, 0.1) is 0 Å². The molecule has 0 saturated carbocycles. The van der Waals surface area contributed by atoms with Crippen LogP contribution in [0.5, 0.6) is 0 Å². The monoisotopic (exact) mass is 366 g/mol. The molecule has 0 bridgehead atoms. The number of carbonyl (C=O) groups excluding carboxylic acids is 1. The molecular formula is C23H30N2O2. The summed E-state index contributed by atoms with van der Waals surface area (Å²) < 4.78 is 5.41. The van der Waals surface area contributed by atoms with Crippen LogP contribution in [0.15, 0.2) is 54.6 Å². The van der Waals surface area contributed by atoms with Gasteiger partial charge in [0.05, 0.1) is 19.3 Å². The SMILES string of the molecule is CN(C)C(CCCc1ccccc1)C(=O)c1ccc(N2CCOCC2)cc1. The fourth-order valence-electron chi connectivity index (χ4n) is 3.62. The molecule has 1 aliphatic rings. The highest BCUT2D eigenvalue weighted by Crippen LogP contribution is 2.19. The summed E-state index contributed by atoms with van der Waals surface area (Å²) in [4.78, 5) is 17.4. The van der Waals surface area contributed by atoms with Gasteiger partial charge in [0, 0.05) is 24.3 Å². The average molecular weight is 367 g/mol. The first-order chi connectivity index (χ1) is 13.1. The first kappa shape index (κ1) is 19.6. The van der Waals surface area contributed by atoms with Crippen molar-refractivity contribution in [2.45, 2.75) is 25.3 Å². The standard InChI is InChI=1S/C23H30N2O2/c1-24(2)22(10-6-9-19-7-4-3-5-8-19)23(26)20-11-13-21(14-12-20)25-15-17-27-18-16-25/h3-5,7-8,11-14,22H,6,9-10,15-18H2,1-2H3. The Kier molecular flexibility index (Phi) is 7.02. The van der Waals surface area contributed by atoms with Crippen molar-refractivity contribution in [1.82, 2.24) is 4.90 Å². The summed E-state index contributed by atoms with van der Waals surface area (Å²) in [7, 11) is 3.99. The summed E-state index contributed by atoms with van der Waals surface area (Å²) in [5.74, 6) is 0.210. The maximum atomic E-state index is 13.0. The van der Waals surface area contributed by atoms with E-state index in [0.29, 0.717) is 0 Å². The van der Waals surface area contributed by atoms with E-state index in [1.54, 1.807) is 0 Å². The lowest BCUT2D eigenvalue weighted by molar-refractivity contribution is 0.0864. The van der Waals surface area contributed by atoms with E-state index in [2.05, 4.69) is 41.3 Å². The highest BCUT2D eigenvalue weighted by Gasteiger charge is 2.22. The second-order valence-corrected chi connectivity index (χ2v) is 7.37. The topological polar surface area (TPSA) is 32.8 Å². The molecule has 2 aromatic rings. The normalized spacial score (nSPS) is 15.7. The predicted molar refractivity (Wildman–Crippen MR) is 111 cm³/mol. The molecular weight excluding hydrogens is 336 g/mol. The second-order valence-electron chi connectivity index (χ2n) is 7.37. The first-order valence-electron chi connectivity index (χ1n) is 9.82. The van der Waals surface area contributed by atoms with Crippen molar-refractivity contribution >= 4 is 11.5 Å². The molecule has 0 aromatic heterocycles. The van der Waals surface area contributed by atoms with Crippen molar-refractivity contribution in [3.8, 4) is 0 Å². The van der Waals surface area contributed by atoms with Gasteiger partial charge < -0.3 is 9.64 Å². The van der Waals surface area contributed by atoms with Gasteiger partial charge in [0.2, 0.25) is 0 Å². The minimum atomic E-state index is -0.0806. The number of aryl methyl sites for hydroxylation is 1. The number of rotatable bonds is 8. The molecule has 1 aliphatic heterocycles. The molecule has 1 saturated heterocycles. The van der Waals surface area contributed by atoms with Gasteiger partial charge in [-0.05, 0) is 63.2 Å². The number of morpholine rings is 1. The Morgan fingerprint density at radius 1 is 1.04 bits per heavy atom. The third-order valence-electron chi connectivity index (χ3n) is 5.24. The summed E-state index contributed by atoms with van der Waals surface area (Å²) in [5.41, 5.74) is 3.29. The van der Waals surface area contributed by atoms with E-state index in [9.17, 15) is 4.79 Å². The van der Waals surface area contributed by atoms with E-state index in [0.717, 1.165) is 51.1 Å². The number of benzene rings is 2. The minimum Gasteiger partial charge on any atom is -0.378 e. The Labute approximate surface area is 162 Å². The highest BCUT2D eigenvalue weighted by molar-refractivity contribution is 6.00. The number of likely N-dealkylation sites (N-methyl/N-ethyl adjacent to an activating group) is 1. The largest absolute Gasteiger partial charge is 0.378 e. The van der Waals surface area contributed by atoms with Crippen LogP contribution in [-0.2, 0) is 11.2 Å². The summed E-state index contributed by atoms with van der Waals surface area (Å²) in [6, 6.07) is 18.5. The van der Waals surface area contributed by atoms with Crippen LogP contribution in [0.2, 0.25) is 0 Å². The quantitative estimate of drug-likeness (QED) is 0.668. The van der Waals surface area contributed by atoms with Crippen LogP contribution in [0.1, 0.15) is 28.8 Å². The molecule has 1 atom stereocenters. The van der Waals surface area contributed by atoms with Crippen LogP contribution in [-0.4, -0.2) is 57.1 Å². The zero-order chi connectivity index (χ0) is 19.1. The summed E-state index contributed by atoms with van der Waals surface area (Å²) in [6.45, 7) is 3.36. The fourth-order valence-corrected chi connectivity index (χ4v) is 3.62. The molecule has 1 heterocycles. The number of Topliss-reactive ketones (excluding diaryl/α,β-unsaturated/α-hetero) is 1. The average Bonchev–Trinajstić information content (AvgIpc) is 2.72. The van der Waals surface area contributed by atoms with E-state index in [-0.39, 0.29) is 11.8 Å². The molecule has 1 unspecified atom stereocenters. The van der Waals surface area contributed by atoms with Crippen LogP contribution in [0.25, 0.3) is 0 Å². The number of carbonyl (C=O) groups is 1. The van der Waals surface area contributed by atoms with E-state index < -0.39 is 0 Å². The summed E-state index contributed by atoms with van der Waals surface area (Å²) >= 11 is 0. The predicted octanol–water partition coefficient (Wildman–Crippen LogP) is 3.66. The molecule has 0 N–H and O–H groups in total. The molecule has 3 rings (SSSR count). The van der Waals surface area contributed by atoms with Crippen LogP contribution in [0.3, 0.4) is 0 Å². The van der Waals surface area contributed by atoms with Gasteiger partial charge in [-0.2, -0.15) is 0 Å². The van der Waals surface area contributed by atoms with Crippen molar-refractivity contribution in [3.05, 3.63) is 65.7 Å². The zero-order valence-electron chi connectivity index (χ0n) is 16.4. The van der Waals surface area contributed by atoms with Gasteiger partial charge in [0.25, 0.3) is 0 Å². The minimum absolute atomic E-state index is 0.0806. The number of hydrogen-bond donors (Lipinski definition) is 0. The van der Waals surface area contributed by atoms with Gasteiger partial charge in [-0.1, -0.05) is 30.3 Å². The van der Waals surface area contributed by atoms with E-state index in [4.69, 9.17) is 4.74 Å². The van der Waals surface area contributed by atoms with Crippen molar-refractivity contribution in [1.29, 1.82) is 0 Å². The molecule has 0 spiro atoms. The third kappa shape index (κ3) is 5.41. The van der Waals surface area contributed by atoms with Crippen molar-refractivity contribution in [2.24, 2.45) is 0 Å². The third-order valence-corrected chi connectivity index (χ3v) is 5.24. The zero-order valence-corrected chi connectivity index (χ0v) is 16.4. The van der Waals surface area contributed by atoms with E-state index in [1.165, 1.54) is 11.3 Å². The van der Waals surface area contributed by atoms with Gasteiger partial charge in [-0.25, -0.2) is 0 Å².